The Labute approximate surface area is 177 Å². The van der Waals surface area contributed by atoms with Gasteiger partial charge in [-0.05, 0) is 73.9 Å². The van der Waals surface area contributed by atoms with E-state index in [1.807, 2.05) is 16.9 Å². The van der Waals surface area contributed by atoms with Crippen molar-refractivity contribution in [3.05, 3.63) is 42.4 Å². The summed E-state index contributed by atoms with van der Waals surface area (Å²) in [4.78, 5) is 13.8. The lowest BCUT2D eigenvalue weighted by molar-refractivity contribution is 0.358. The molecule has 30 heavy (non-hydrogen) atoms. The van der Waals surface area contributed by atoms with E-state index in [0.29, 0.717) is 6.04 Å². The van der Waals surface area contributed by atoms with Crippen LogP contribution >= 0.6 is 0 Å². The van der Waals surface area contributed by atoms with Crippen LogP contribution in [0.15, 0.2) is 36.8 Å². The molecule has 9 heteroatoms. The Morgan fingerprint density at radius 2 is 1.93 bits per heavy atom. The minimum atomic E-state index is 0.338. The number of nitrogens with zero attached hydrogens (tertiary/aromatic N) is 8. The molecule has 1 fully saturated rings. The van der Waals surface area contributed by atoms with Crippen LogP contribution in [0.3, 0.4) is 0 Å². The fourth-order valence-corrected chi connectivity index (χ4v) is 3.95. The Bertz CT molecular complexity index is 945. The molecule has 0 saturated carbocycles. The maximum absolute atomic E-state index is 4.76. The number of tetrazole rings is 1. The van der Waals surface area contributed by atoms with Crippen LogP contribution in [0, 0.1) is 6.92 Å². The Morgan fingerprint density at radius 3 is 2.60 bits per heavy atom. The van der Waals surface area contributed by atoms with Crippen LogP contribution in [-0.4, -0.2) is 56.4 Å². The fraction of sp³-hybridized carbons (Fsp3) is 0.476. The van der Waals surface area contributed by atoms with Crippen molar-refractivity contribution in [1.82, 2.24) is 30.2 Å². The van der Waals surface area contributed by atoms with E-state index in [2.05, 4.69) is 74.6 Å². The van der Waals surface area contributed by atoms with E-state index in [-0.39, 0.29) is 0 Å². The average molecular weight is 408 g/mol. The molecule has 0 spiro atoms. The molecule has 3 heterocycles. The Balaban J connectivity index is 1.43. The molecule has 1 aromatic carbocycles. The zero-order valence-corrected chi connectivity index (χ0v) is 17.9. The SMILES string of the molecule is CCN(CC)c1ccc(Nc2ccnc(N3CCC(n4cnnn4)CC3)n2)c(C)c1. The topological polar surface area (TPSA) is 87.9 Å². The summed E-state index contributed by atoms with van der Waals surface area (Å²) in [6, 6.07) is 8.76. The molecule has 3 aromatic rings. The van der Waals surface area contributed by atoms with Crippen LogP contribution in [0.4, 0.5) is 23.1 Å². The molecule has 0 atom stereocenters. The third kappa shape index (κ3) is 4.34. The second-order valence-corrected chi connectivity index (χ2v) is 7.55. The van der Waals surface area contributed by atoms with Gasteiger partial charge in [0.25, 0.3) is 0 Å². The van der Waals surface area contributed by atoms with Gasteiger partial charge in [-0.1, -0.05) is 0 Å². The number of aromatic nitrogens is 6. The number of aryl methyl sites for hydroxylation is 1. The lowest BCUT2D eigenvalue weighted by atomic mass is 10.1. The summed E-state index contributed by atoms with van der Waals surface area (Å²) in [6.45, 7) is 10.3. The van der Waals surface area contributed by atoms with Crippen molar-refractivity contribution >= 4 is 23.1 Å². The minimum Gasteiger partial charge on any atom is -0.372 e. The van der Waals surface area contributed by atoms with Crippen molar-refractivity contribution < 1.29 is 0 Å². The van der Waals surface area contributed by atoms with E-state index >= 15 is 0 Å². The van der Waals surface area contributed by atoms with Gasteiger partial charge >= 0.3 is 0 Å². The summed E-state index contributed by atoms with van der Waals surface area (Å²) in [6.07, 6.45) is 5.45. The molecule has 9 nitrogen and oxygen atoms in total. The number of benzene rings is 1. The van der Waals surface area contributed by atoms with E-state index in [0.717, 1.165) is 56.5 Å². The highest BCUT2D eigenvalue weighted by Gasteiger charge is 2.23. The molecule has 158 valence electrons. The van der Waals surface area contributed by atoms with Crippen LogP contribution in [-0.2, 0) is 0 Å². The smallest absolute Gasteiger partial charge is 0.227 e. The molecule has 2 aromatic heterocycles. The second-order valence-electron chi connectivity index (χ2n) is 7.55. The van der Waals surface area contributed by atoms with E-state index in [1.54, 1.807) is 6.33 Å². The van der Waals surface area contributed by atoms with Crippen molar-refractivity contribution in [2.45, 2.75) is 39.7 Å². The first-order valence-corrected chi connectivity index (χ1v) is 10.6. The van der Waals surface area contributed by atoms with E-state index in [4.69, 9.17) is 4.98 Å². The van der Waals surface area contributed by atoms with Crippen LogP contribution in [0.2, 0.25) is 0 Å². The van der Waals surface area contributed by atoms with Gasteiger partial charge in [0, 0.05) is 43.8 Å². The molecule has 1 N–H and O–H groups in total. The standard InChI is InChI=1S/C21H29N9/c1-4-28(5-2)18-6-7-19(16(3)14-18)24-20-8-11-22-21(25-20)29-12-9-17(10-13-29)30-15-23-26-27-30/h6-8,11,14-15,17H,4-5,9-10,12-13H2,1-3H3,(H,22,24,25). The summed E-state index contributed by atoms with van der Waals surface area (Å²) in [5, 5.41) is 15.0. The van der Waals surface area contributed by atoms with Gasteiger partial charge in [-0.3, -0.25) is 0 Å². The fourth-order valence-electron chi connectivity index (χ4n) is 3.95. The summed E-state index contributed by atoms with van der Waals surface area (Å²) in [7, 11) is 0. The third-order valence-corrected chi connectivity index (χ3v) is 5.73. The highest BCUT2D eigenvalue weighted by Crippen LogP contribution is 2.27. The second kappa shape index (κ2) is 9.06. The summed E-state index contributed by atoms with van der Waals surface area (Å²) in [5.41, 5.74) is 3.51. The minimum absolute atomic E-state index is 0.338. The molecule has 4 rings (SSSR count). The van der Waals surface area contributed by atoms with E-state index in [1.165, 1.54) is 11.3 Å². The lowest BCUT2D eigenvalue weighted by Crippen LogP contribution is -2.36. The molecule has 0 bridgehead atoms. The first-order chi connectivity index (χ1) is 14.7. The zero-order valence-electron chi connectivity index (χ0n) is 17.9. The van der Waals surface area contributed by atoms with Crippen molar-refractivity contribution in [3.63, 3.8) is 0 Å². The number of piperidine rings is 1. The van der Waals surface area contributed by atoms with Gasteiger partial charge in [0.05, 0.1) is 6.04 Å². The highest BCUT2D eigenvalue weighted by atomic mass is 15.5. The van der Waals surface area contributed by atoms with Gasteiger partial charge < -0.3 is 15.1 Å². The Hall–Kier alpha value is -3.23. The highest BCUT2D eigenvalue weighted by molar-refractivity contribution is 5.65. The molecule has 1 saturated heterocycles. The van der Waals surface area contributed by atoms with Crippen molar-refractivity contribution in [1.29, 1.82) is 0 Å². The monoisotopic (exact) mass is 407 g/mol. The molecule has 1 aliphatic rings. The van der Waals surface area contributed by atoms with Gasteiger partial charge in [-0.2, -0.15) is 4.98 Å². The predicted octanol–water partition coefficient (Wildman–Crippen LogP) is 3.20. The molecule has 1 aliphatic heterocycles. The van der Waals surface area contributed by atoms with Crippen LogP contribution in [0.5, 0.6) is 0 Å². The van der Waals surface area contributed by atoms with Gasteiger partial charge in [-0.15, -0.1) is 5.10 Å². The van der Waals surface area contributed by atoms with E-state index in [9.17, 15) is 0 Å². The zero-order chi connectivity index (χ0) is 20.9. The number of anilines is 4. The number of hydrogen-bond donors (Lipinski definition) is 1. The van der Waals surface area contributed by atoms with Gasteiger partial charge in [0.1, 0.15) is 12.1 Å². The maximum Gasteiger partial charge on any atom is 0.227 e. The van der Waals surface area contributed by atoms with Crippen molar-refractivity contribution in [2.24, 2.45) is 0 Å². The largest absolute Gasteiger partial charge is 0.372 e. The van der Waals surface area contributed by atoms with Crippen LogP contribution < -0.4 is 15.1 Å². The lowest BCUT2D eigenvalue weighted by Gasteiger charge is -2.31. The summed E-state index contributed by atoms with van der Waals surface area (Å²) >= 11 is 0. The first-order valence-electron chi connectivity index (χ1n) is 10.6. The third-order valence-electron chi connectivity index (χ3n) is 5.73. The molecule has 0 aliphatic carbocycles. The van der Waals surface area contributed by atoms with Crippen molar-refractivity contribution in [2.75, 3.05) is 41.3 Å². The number of nitrogens with one attached hydrogen (secondary N) is 1. The van der Waals surface area contributed by atoms with Crippen LogP contribution in [0.25, 0.3) is 0 Å². The molecular weight excluding hydrogens is 378 g/mol. The van der Waals surface area contributed by atoms with Gasteiger partial charge in [0.2, 0.25) is 5.95 Å². The Kier molecular flexibility index (Phi) is 6.06. The molecule has 0 amide bonds. The normalized spacial score (nSPS) is 14.7. The number of hydrogen-bond acceptors (Lipinski definition) is 8. The summed E-state index contributed by atoms with van der Waals surface area (Å²) in [5.74, 6) is 1.56. The number of rotatable bonds is 7. The summed E-state index contributed by atoms with van der Waals surface area (Å²) < 4.78 is 1.85. The maximum atomic E-state index is 4.76. The average Bonchev–Trinajstić information content (AvgIpc) is 3.32. The van der Waals surface area contributed by atoms with Gasteiger partial charge in [0.15, 0.2) is 0 Å². The predicted molar refractivity (Wildman–Crippen MR) is 118 cm³/mol. The van der Waals surface area contributed by atoms with Gasteiger partial charge in [-0.25, -0.2) is 9.67 Å². The van der Waals surface area contributed by atoms with Crippen LogP contribution in [0.1, 0.15) is 38.3 Å². The molecule has 0 radical (unpaired) electrons. The first kappa shape index (κ1) is 20.1. The molecular formula is C21H29N9. The van der Waals surface area contributed by atoms with E-state index < -0.39 is 0 Å². The van der Waals surface area contributed by atoms with Crippen molar-refractivity contribution in [3.8, 4) is 0 Å². The Morgan fingerprint density at radius 1 is 1.13 bits per heavy atom. The molecule has 0 unspecified atom stereocenters. The quantitative estimate of drug-likeness (QED) is 0.639.